The van der Waals surface area contributed by atoms with E-state index in [4.69, 9.17) is 11.5 Å². The van der Waals surface area contributed by atoms with E-state index < -0.39 is 0 Å². The number of nitrogens with two attached hydrogens (primary N) is 2. The van der Waals surface area contributed by atoms with Crippen LogP contribution in [0.3, 0.4) is 0 Å². The molecule has 0 spiro atoms. The van der Waals surface area contributed by atoms with Gasteiger partial charge in [0.2, 0.25) is 0 Å². The van der Waals surface area contributed by atoms with Crippen LogP contribution in [0.15, 0.2) is 0 Å². The van der Waals surface area contributed by atoms with E-state index in [9.17, 15) is 0 Å². The van der Waals surface area contributed by atoms with Crippen LogP contribution in [0.5, 0.6) is 0 Å². The summed E-state index contributed by atoms with van der Waals surface area (Å²) in [6.45, 7) is 2.48. The van der Waals surface area contributed by atoms with E-state index in [1.165, 1.54) is 0 Å². The summed E-state index contributed by atoms with van der Waals surface area (Å²) in [6, 6.07) is -0.0125. The largest absolute Gasteiger partial charge is 0.330 e. The molecule has 4 N–H and O–H groups in total. The van der Waals surface area contributed by atoms with Crippen LogP contribution < -0.4 is 11.5 Å². The lowest BCUT2D eigenvalue weighted by atomic mass is 10.3. The van der Waals surface area contributed by atoms with E-state index in [2.05, 4.69) is 11.8 Å². The van der Waals surface area contributed by atoms with Crippen molar-refractivity contribution in [2.75, 3.05) is 6.54 Å². The Morgan fingerprint density at radius 3 is 2.62 bits per heavy atom. The quantitative estimate of drug-likeness (QED) is 0.457. The third kappa shape index (κ3) is 5.48. The van der Waals surface area contributed by atoms with Gasteiger partial charge in [-0.05, 0) is 6.92 Å². The van der Waals surface area contributed by atoms with Crippen molar-refractivity contribution in [1.29, 1.82) is 0 Å². The summed E-state index contributed by atoms with van der Waals surface area (Å²) >= 11 is 0. The lowest BCUT2D eigenvalue weighted by Crippen LogP contribution is -2.11. The first-order valence-electron chi connectivity index (χ1n) is 2.71. The van der Waals surface area contributed by atoms with Crippen molar-refractivity contribution < 1.29 is 0 Å². The van der Waals surface area contributed by atoms with Crippen molar-refractivity contribution in [1.82, 2.24) is 0 Å². The summed E-state index contributed by atoms with van der Waals surface area (Å²) < 4.78 is 0. The molecule has 0 saturated carbocycles. The fourth-order valence-corrected chi connectivity index (χ4v) is 0.305. The average molecular weight is 112 g/mol. The highest BCUT2D eigenvalue weighted by Crippen LogP contribution is 1.70. The molecule has 0 amide bonds. The lowest BCUT2D eigenvalue weighted by molar-refractivity contribution is 0.951. The molecule has 0 aromatic rings. The predicted octanol–water partition coefficient (Wildman–Crippen LogP) is -0.314. The molecule has 0 aromatic heterocycles. The summed E-state index contributed by atoms with van der Waals surface area (Å²) in [5.74, 6) is 5.63. The third-order valence-corrected chi connectivity index (χ3v) is 0.599. The topological polar surface area (TPSA) is 52.0 Å². The Bertz CT molecular complexity index is 96.8. The lowest BCUT2D eigenvalue weighted by Gasteiger charge is -1.86. The van der Waals surface area contributed by atoms with Gasteiger partial charge in [0.25, 0.3) is 0 Å². The molecule has 0 fully saturated rings. The minimum absolute atomic E-state index is 0.0125. The zero-order chi connectivity index (χ0) is 6.41. The standard InChI is InChI=1S/C6H12N2/c1-6(8)4-2-3-5-7/h6H,3,5,7-8H2,1H3. The number of hydrogen-bond acceptors (Lipinski definition) is 2. The third-order valence-electron chi connectivity index (χ3n) is 0.599. The second kappa shape index (κ2) is 4.63. The van der Waals surface area contributed by atoms with Crippen LogP contribution in [0.25, 0.3) is 0 Å². The van der Waals surface area contributed by atoms with E-state index in [0.717, 1.165) is 6.42 Å². The van der Waals surface area contributed by atoms with Gasteiger partial charge in [-0.25, -0.2) is 0 Å². The second-order valence-electron chi connectivity index (χ2n) is 1.65. The van der Waals surface area contributed by atoms with Crippen molar-refractivity contribution in [3.63, 3.8) is 0 Å². The first kappa shape index (κ1) is 7.48. The molecule has 0 aromatic carbocycles. The average Bonchev–Trinajstić information content (AvgIpc) is 1.66. The molecule has 0 aliphatic heterocycles. The maximum Gasteiger partial charge on any atom is 0.0636 e. The van der Waals surface area contributed by atoms with Crippen LogP contribution >= 0.6 is 0 Å². The van der Waals surface area contributed by atoms with Crippen molar-refractivity contribution in [3.05, 3.63) is 0 Å². The van der Waals surface area contributed by atoms with Crippen molar-refractivity contribution >= 4 is 0 Å². The van der Waals surface area contributed by atoms with Gasteiger partial charge in [0.05, 0.1) is 6.04 Å². The van der Waals surface area contributed by atoms with Crippen LogP contribution in [0, 0.1) is 11.8 Å². The monoisotopic (exact) mass is 112 g/mol. The van der Waals surface area contributed by atoms with Gasteiger partial charge in [-0.1, -0.05) is 5.92 Å². The summed E-state index contributed by atoms with van der Waals surface area (Å²) in [6.07, 6.45) is 0.752. The van der Waals surface area contributed by atoms with Crippen LogP contribution in [0.4, 0.5) is 0 Å². The fourth-order valence-electron chi connectivity index (χ4n) is 0.305. The molecule has 2 nitrogen and oxygen atoms in total. The highest BCUT2D eigenvalue weighted by atomic mass is 14.6. The maximum absolute atomic E-state index is 5.32. The van der Waals surface area contributed by atoms with Gasteiger partial charge in [-0.2, -0.15) is 0 Å². The van der Waals surface area contributed by atoms with Crippen LogP contribution in [-0.2, 0) is 0 Å². The molecule has 0 saturated heterocycles. The zero-order valence-electron chi connectivity index (χ0n) is 5.15. The molecule has 0 aliphatic carbocycles. The zero-order valence-corrected chi connectivity index (χ0v) is 5.15. The molecule has 0 aliphatic rings. The minimum atomic E-state index is -0.0125. The van der Waals surface area contributed by atoms with Crippen LogP contribution in [0.1, 0.15) is 13.3 Å². The van der Waals surface area contributed by atoms with E-state index in [0.29, 0.717) is 6.54 Å². The summed E-state index contributed by atoms with van der Waals surface area (Å²) in [4.78, 5) is 0. The molecule has 1 unspecified atom stereocenters. The maximum atomic E-state index is 5.32. The molecule has 8 heavy (non-hydrogen) atoms. The minimum Gasteiger partial charge on any atom is -0.330 e. The first-order chi connectivity index (χ1) is 3.77. The van der Waals surface area contributed by atoms with E-state index in [-0.39, 0.29) is 6.04 Å². The van der Waals surface area contributed by atoms with E-state index >= 15 is 0 Å². The summed E-state index contributed by atoms with van der Waals surface area (Å²) in [5, 5.41) is 0. The van der Waals surface area contributed by atoms with Gasteiger partial charge in [-0.15, -0.1) is 5.92 Å². The molecule has 2 heteroatoms. The van der Waals surface area contributed by atoms with Gasteiger partial charge >= 0.3 is 0 Å². The predicted molar refractivity (Wildman–Crippen MR) is 35.1 cm³/mol. The number of hydrogen-bond donors (Lipinski definition) is 2. The molecule has 0 bridgehead atoms. The normalized spacial score (nSPS) is 11.9. The van der Waals surface area contributed by atoms with Gasteiger partial charge in [0, 0.05) is 13.0 Å². The highest BCUT2D eigenvalue weighted by molar-refractivity contribution is 5.04. The molecular weight excluding hydrogens is 100 g/mol. The van der Waals surface area contributed by atoms with E-state index in [1.54, 1.807) is 0 Å². The highest BCUT2D eigenvalue weighted by Gasteiger charge is 1.78. The first-order valence-corrected chi connectivity index (χ1v) is 2.71. The SMILES string of the molecule is CC(N)C#CCCN. The molecule has 0 rings (SSSR count). The van der Waals surface area contributed by atoms with Gasteiger partial charge in [0.1, 0.15) is 0 Å². The Kier molecular flexibility index (Phi) is 4.33. The van der Waals surface area contributed by atoms with Crippen molar-refractivity contribution in [2.24, 2.45) is 11.5 Å². The van der Waals surface area contributed by atoms with Crippen molar-refractivity contribution in [2.45, 2.75) is 19.4 Å². The summed E-state index contributed by atoms with van der Waals surface area (Å²) in [5.41, 5.74) is 10.5. The molecule has 1 atom stereocenters. The van der Waals surface area contributed by atoms with Crippen LogP contribution in [0.2, 0.25) is 0 Å². The fraction of sp³-hybridized carbons (Fsp3) is 0.667. The summed E-state index contributed by atoms with van der Waals surface area (Å²) in [7, 11) is 0. The molecule has 46 valence electrons. The van der Waals surface area contributed by atoms with Crippen LogP contribution in [-0.4, -0.2) is 12.6 Å². The molecule has 0 heterocycles. The number of rotatable bonds is 1. The molecular formula is C6H12N2. The Hall–Kier alpha value is -0.520. The van der Waals surface area contributed by atoms with Gasteiger partial charge < -0.3 is 11.5 Å². The second-order valence-corrected chi connectivity index (χ2v) is 1.65. The molecule has 0 radical (unpaired) electrons. The Morgan fingerprint density at radius 1 is 1.62 bits per heavy atom. The van der Waals surface area contributed by atoms with Gasteiger partial charge in [0.15, 0.2) is 0 Å². The Balaban J connectivity index is 3.20. The van der Waals surface area contributed by atoms with Gasteiger partial charge in [-0.3, -0.25) is 0 Å². The van der Waals surface area contributed by atoms with Crippen molar-refractivity contribution in [3.8, 4) is 11.8 Å². The Labute approximate surface area is 50.2 Å². The Morgan fingerprint density at radius 2 is 2.25 bits per heavy atom. The van der Waals surface area contributed by atoms with E-state index in [1.807, 2.05) is 6.92 Å². The smallest absolute Gasteiger partial charge is 0.0636 e.